The van der Waals surface area contributed by atoms with Gasteiger partial charge in [-0.2, -0.15) is 35.8 Å². The summed E-state index contributed by atoms with van der Waals surface area (Å²) in [6.07, 6.45) is 4.56. The summed E-state index contributed by atoms with van der Waals surface area (Å²) < 4.78 is 0. The van der Waals surface area contributed by atoms with Crippen molar-refractivity contribution in [3.05, 3.63) is 74.4 Å². The van der Waals surface area contributed by atoms with Crippen LogP contribution >= 0.6 is 24.8 Å². The Bertz CT molecular complexity index is 450. The molecule has 1 N–H and O–H groups in total. The summed E-state index contributed by atoms with van der Waals surface area (Å²) in [5, 5.41) is 2.66. The summed E-state index contributed by atoms with van der Waals surface area (Å²) in [5.41, 5.74) is 0. The number of halogens is 2. The van der Waals surface area contributed by atoms with E-state index in [4.69, 9.17) is 0 Å². The van der Waals surface area contributed by atoms with Crippen LogP contribution in [0.3, 0.4) is 0 Å². The average molecular weight is 419 g/mol. The van der Waals surface area contributed by atoms with Gasteiger partial charge in [-0.1, -0.05) is 19.2 Å². The molecule has 113 valence electrons. The van der Waals surface area contributed by atoms with Crippen molar-refractivity contribution in [2.75, 3.05) is 0 Å². The molecule has 0 saturated carbocycles. The summed E-state index contributed by atoms with van der Waals surface area (Å²) in [5.74, 6) is 0. The Morgan fingerprint density at radius 3 is 2.10 bits per heavy atom. The van der Waals surface area contributed by atoms with Crippen molar-refractivity contribution in [3.8, 4) is 0 Å². The first kappa shape index (κ1) is 28.9. The fourth-order valence-corrected chi connectivity index (χ4v) is 1.31. The number of rotatable bonds is 0. The molecule has 0 aliphatic rings. The molecule has 3 radical (unpaired) electrons. The quantitative estimate of drug-likeness (QED) is 0.369. The predicted molar refractivity (Wildman–Crippen MR) is 97.6 cm³/mol. The second kappa shape index (κ2) is 19.8. The fourth-order valence-electron chi connectivity index (χ4n) is 1.31. The maximum absolute atomic E-state index is 2.74. The molecule has 0 spiro atoms. The molecule has 0 bridgehead atoms. The minimum Gasteiger partial charge on any atom is -0.484 e. The molecule has 0 aliphatic carbocycles. The van der Waals surface area contributed by atoms with Gasteiger partial charge in [-0.3, -0.25) is 0 Å². The van der Waals surface area contributed by atoms with Crippen LogP contribution in [0.1, 0.15) is 0 Å². The number of hydrogen-bond acceptors (Lipinski definition) is 0. The van der Waals surface area contributed by atoms with Crippen molar-refractivity contribution >= 4 is 45.1 Å². The SMILES string of the molecule is C[Si]C.Cl.Cl.[CH3-].[Zr+3].[c-]1ccc[nH]1.c1ccc2[cH-]ccc2c1. The van der Waals surface area contributed by atoms with Gasteiger partial charge in [-0.05, 0) is 0 Å². The Hall–Kier alpha value is -0.210. The van der Waals surface area contributed by atoms with Crippen LogP contribution in [0.2, 0.25) is 13.1 Å². The summed E-state index contributed by atoms with van der Waals surface area (Å²) in [7, 11) is 1.08. The molecule has 0 atom stereocenters. The number of H-pyrrole nitrogens is 1. The normalized spacial score (nSPS) is 7.14. The summed E-state index contributed by atoms with van der Waals surface area (Å²) in [6.45, 7) is 4.31. The van der Waals surface area contributed by atoms with Crippen molar-refractivity contribution in [2.24, 2.45) is 0 Å². The number of aromatic nitrogens is 1. The maximum atomic E-state index is 2.74. The minimum absolute atomic E-state index is 0. The van der Waals surface area contributed by atoms with Crippen LogP contribution in [-0.2, 0) is 26.2 Å². The van der Waals surface area contributed by atoms with Crippen LogP contribution in [0.25, 0.3) is 10.8 Å². The van der Waals surface area contributed by atoms with Crippen LogP contribution in [0.5, 0.6) is 0 Å². The van der Waals surface area contributed by atoms with Gasteiger partial charge in [0.05, 0.1) is 0 Å². The topological polar surface area (TPSA) is 15.8 Å². The number of nitrogens with one attached hydrogen (secondary N) is 1. The van der Waals surface area contributed by atoms with E-state index >= 15 is 0 Å². The van der Waals surface area contributed by atoms with Gasteiger partial charge >= 0.3 is 26.2 Å². The van der Waals surface area contributed by atoms with Crippen molar-refractivity contribution < 1.29 is 26.2 Å². The van der Waals surface area contributed by atoms with E-state index in [0.717, 1.165) is 9.52 Å². The smallest absolute Gasteiger partial charge is 0.484 e. The zero-order valence-electron chi connectivity index (χ0n) is 12.6. The van der Waals surface area contributed by atoms with Gasteiger partial charge in [0.25, 0.3) is 0 Å². The van der Waals surface area contributed by atoms with Crippen LogP contribution in [0, 0.1) is 13.6 Å². The first-order valence-corrected chi connectivity index (χ1v) is 7.57. The Kier molecular flexibility index (Phi) is 27.2. The number of benzene rings is 1. The number of aromatic amines is 1. The summed E-state index contributed by atoms with van der Waals surface area (Å²) >= 11 is 0. The first-order chi connectivity index (χ1) is 8.38. The minimum atomic E-state index is 0. The molecular weight excluding hydrogens is 396 g/mol. The molecule has 2 aromatic carbocycles. The molecule has 3 rings (SSSR count). The molecule has 21 heavy (non-hydrogen) atoms. The van der Waals surface area contributed by atoms with Gasteiger partial charge in [0.1, 0.15) is 0 Å². The van der Waals surface area contributed by atoms with E-state index in [-0.39, 0.29) is 58.4 Å². The second-order valence-corrected chi connectivity index (χ2v) is 4.47. The Labute approximate surface area is 163 Å². The molecule has 1 heterocycles. The third-order valence-electron chi connectivity index (χ3n) is 1.99. The van der Waals surface area contributed by atoms with E-state index in [9.17, 15) is 0 Å². The molecule has 0 fully saturated rings. The van der Waals surface area contributed by atoms with Crippen molar-refractivity contribution in [2.45, 2.75) is 13.1 Å². The average Bonchev–Trinajstić information content (AvgIpc) is 3.05. The molecule has 1 aromatic heterocycles. The van der Waals surface area contributed by atoms with E-state index < -0.39 is 0 Å². The third-order valence-corrected chi connectivity index (χ3v) is 1.99. The van der Waals surface area contributed by atoms with E-state index in [1.807, 2.05) is 18.3 Å². The maximum Gasteiger partial charge on any atom is 3.00 e. The summed E-state index contributed by atoms with van der Waals surface area (Å²) in [6, 6.07) is 18.4. The van der Waals surface area contributed by atoms with Gasteiger partial charge < -0.3 is 12.4 Å². The molecule has 0 amide bonds. The molecule has 0 unspecified atom stereocenters. The van der Waals surface area contributed by atoms with Crippen molar-refractivity contribution in [3.63, 3.8) is 0 Å². The Balaban J connectivity index is -0.000000107. The molecule has 5 heteroatoms. The zero-order chi connectivity index (χ0) is 12.3. The number of fused-ring (bicyclic) bond motifs is 1. The molecule has 0 saturated heterocycles. The summed E-state index contributed by atoms with van der Waals surface area (Å²) in [4.78, 5) is 2.74. The molecule has 1 nitrogen and oxygen atoms in total. The molecule has 0 aliphatic heterocycles. The number of hydrogen-bond donors (Lipinski definition) is 1. The second-order valence-electron chi connectivity index (χ2n) is 3.47. The Morgan fingerprint density at radius 2 is 1.67 bits per heavy atom. The van der Waals surface area contributed by atoms with E-state index in [1.54, 1.807) is 0 Å². The fraction of sp³-hybridized carbons (Fsp3) is 0.125. The van der Waals surface area contributed by atoms with Crippen LogP contribution < -0.4 is 0 Å². The monoisotopic (exact) mass is 416 g/mol. The van der Waals surface area contributed by atoms with E-state index in [2.05, 4.69) is 66.7 Å². The molecule has 3 aromatic rings. The van der Waals surface area contributed by atoms with E-state index in [1.165, 1.54) is 10.8 Å². The van der Waals surface area contributed by atoms with Crippen LogP contribution in [-0.4, -0.2) is 14.5 Å². The van der Waals surface area contributed by atoms with Gasteiger partial charge in [-0.15, -0.1) is 60.7 Å². The van der Waals surface area contributed by atoms with Crippen LogP contribution in [0.4, 0.5) is 0 Å². The van der Waals surface area contributed by atoms with Crippen LogP contribution in [0.15, 0.2) is 60.8 Å². The van der Waals surface area contributed by atoms with Gasteiger partial charge in [0, 0.05) is 9.52 Å². The molecular formula is C16H22Cl2NSiZr. The first-order valence-electron chi connectivity index (χ1n) is 5.57. The van der Waals surface area contributed by atoms with Crippen molar-refractivity contribution in [1.29, 1.82) is 0 Å². The van der Waals surface area contributed by atoms with Gasteiger partial charge in [-0.25, -0.2) is 0 Å². The van der Waals surface area contributed by atoms with Gasteiger partial charge in [0.15, 0.2) is 0 Å². The third kappa shape index (κ3) is 13.2. The standard InChI is InChI=1S/C9H7.C4H4N.C2H6Si.CH3.2ClH.Zr/c1-2-5-9-7-3-6-8(9)4-1;1-2-4-5-3-1;1-3-2;;;;/h1-7H;1-3,5H;1-2H3;1H3;2*1H;/q2*-1;;-1;;;+3. The zero-order valence-corrected chi connectivity index (χ0v) is 17.7. The van der Waals surface area contributed by atoms with E-state index in [0.29, 0.717) is 0 Å². The van der Waals surface area contributed by atoms with Gasteiger partial charge in [0.2, 0.25) is 0 Å². The largest absolute Gasteiger partial charge is 3.00 e. The van der Waals surface area contributed by atoms with Crippen molar-refractivity contribution in [1.82, 2.24) is 4.98 Å². The Morgan fingerprint density at radius 1 is 1.05 bits per heavy atom. The predicted octanol–water partition coefficient (Wildman–Crippen LogP) is 5.45.